The number of guanidine groups is 1. The van der Waals surface area contributed by atoms with Crippen LogP contribution < -0.4 is 24.8 Å². The van der Waals surface area contributed by atoms with E-state index in [-0.39, 0.29) is 29.8 Å². The molecule has 0 heterocycles. The van der Waals surface area contributed by atoms with Crippen LogP contribution in [0.5, 0.6) is 17.2 Å². The van der Waals surface area contributed by atoms with Crippen molar-refractivity contribution < 1.29 is 18.6 Å². The molecule has 2 aromatic carbocycles. The van der Waals surface area contributed by atoms with Crippen molar-refractivity contribution in [2.24, 2.45) is 4.99 Å². The summed E-state index contributed by atoms with van der Waals surface area (Å²) >= 11 is 6.05. The summed E-state index contributed by atoms with van der Waals surface area (Å²) in [5.74, 6) is 1.97. The molecule has 0 saturated heterocycles. The molecular weight excluding hydrogens is 512 g/mol. The molecule has 160 valence electrons. The van der Waals surface area contributed by atoms with E-state index in [4.69, 9.17) is 25.8 Å². The summed E-state index contributed by atoms with van der Waals surface area (Å²) in [6.45, 7) is 0.965. The van der Waals surface area contributed by atoms with Crippen molar-refractivity contribution in [2.45, 2.75) is 13.0 Å². The zero-order valence-corrected chi connectivity index (χ0v) is 19.9. The van der Waals surface area contributed by atoms with Gasteiger partial charge in [0.1, 0.15) is 5.82 Å². The van der Waals surface area contributed by atoms with Crippen LogP contribution in [0.2, 0.25) is 5.02 Å². The molecule has 0 bridgehead atoms. The van der Waals surface area contributed by atoms with Crippen LogP contribution in [0.15, 0.2) is 35.3 Å². The van der Waals surface area contributed by atoms with Crippen molar-refractivity contribution in [2.75, 3.05) is 34.9 Å². The number of methoxy groups -OCH3 is 3. The molecule has 0 saturated carbocycles. The summed E-state index contributed by atoms with van der Waals surface area (Å²) in [7, 11) is 6.37. The molecule has 0 amide bonds. The number of hydrogen-bond acceptors (Lipinski definition) is 4. The van der Waals surface area contributed by atoms with Crippen molar-refractivity contribution in [3.05, 3.63) is 52.3 Å². The van der Waals surface area contributed by atoms with Crippen LogP contribution in [0.4, 0.5) is 4.39 Å². The molecule has 9 heteroatoms. The monoisotopic (exact) mass is 537 g/mol. The molecule has 0 aliphatic rings. The minimum atomic E-state index is -0.310. The van der Waals surface area contributed by atoms with Crippen LogP contribution in [-0.4, -0.2) is 40.9 Å². The van der Waals surface area contributed by atoms with Crippen LogP contribution in [0.3, 0.4) is 0 Å². The molecule has 2 N–H and O–H groups in total. The number of aliphatic imine (C=N–C) groups is 1. The van der Waals surface area contributed by atoms with Crippen LogP contribution in [0.1, 0.15) is 11.1 Å². The van der Waals surface area contributed by atoms with Gasteiger partial charge in [0.15, 0.2) is 17.5 Å². The van der Waals surface area contributed by atoms with E-state index in [9.17, 15) is 4.39 Å². The zero-order chi connectivity index (χ0) is 20.5. The third-order valence-corrected chi connectivity index (χ3v) is 4.49. The first-order valence-electron chi connectivity index (χ1n) is 8.70. The van der Waals surface area contributed by atoms with E-state index in [2.05, 4.69) is 15.6 Å². The second-order valence-electron chi connectivity index (χ2n) is 5.84. The van der Waals surface area contributed by atoms with E-state index in [1.807, 2.05) is 12.1 Å². The number of ether oxygens (including phenoxy) is 3. The van der Waals surface area contributed by atoms with Gasteiger partial charge in [0.2, 0.25) is 5.75 Å². The van der Waals surface area contributed by atoms with Gasteiger partial charge in [-0.1, -0.05) is 17.7 Å². The molecular formula is C20H26ClFIN3O3. The first-order chi connectivity index (χ1) is 13.5. The fraction of sp³-hybridized carbons (Fsp3) is 0.350. The molecule has 0 spiro atoms. The Bertz CT molecular complexity index is 791. The number of benzene rings is 2. The predicted octanol–water partition coefficient (Wildman–Crippen LogP) is 4.03. The summed E-state index contributed by atoms with van der Waals surface area (Å²) in [5.41, 5.74) is 1.41. The standard InChI is InChI=1S/C20H25ClFN3O3.HI/c1-23-20(24-9-8-14-15(21)6-5-7-16(14)22)25-12-13-10-17(26-2)19(28-4)18(11-13)27-3;/h5-7,10-11H,8-9,12H2,1-4H3,(H2,23,24,25);1H. The summed E-state index contributed by atoms with van der Waals surface area (Å²) in [6, 6.07) is 8.39. The molecule has 0 aliphatic heterocycles. The van der Waals surface area contributed by atoms with Crippen molar-refractivity contribution in [1.82, 2.24) is 10.6 Å². The lowest BCUT2D eigenvalue weighted by Crippen LogP contribution is -2.38. The zero-order valence-electron chi connectivity index (χ0n) is 16.8. The van der Waals surface area contributed by atoms with Crippen LogP contribution in [0, 0.1) is 5.82 Å². The van der Waals surface area contributed by atoms with Gasteiger partial charge in [-0.2, -0.15) is 0 Å². The van der Waals surface area contributed by atoms with E-state index < -0.39 is 0 Å². The van der Waals surface area contributed by atoms with E-state index in [1.165, 1.54) is 6.07 Å². The molecule has 0 fully saturated rings. The minimum Gasteiger partial charge on any atom is -0.493 e. The topological polar surface area (TPSA) is 64.1 Å². The van der Waals surface area contributed by atoms with Gasteiger partial charge in [-0.05, 0) is 36.2 Å². The fourth-order valence-corrected chi connectivity index (χ4v) is 2.98. The second-order valence-corrected chi connectivity index (χ2v) is 6.24. The molecule has 0 unspecified atom stereocenters. The largest absolute Gasteiger partial charge is 0.493 e. The fourth-order valence-electron chi connectivity index (χ4n) is 2.72. The number of halogens is 3. The Balaban J connectivity index is 0.00000420. The number of nitrogens with one attached hydrogen (secondary N) is 2. The van der Waals surface area contributed by atoms with Crippen LogP contribution in [-0.2, 0) is 13.0 Å². The molecule has 0 aromatic heterocycles. The lowest BCUT2D eigenvalue weighted by atomic mass is 10.1. The second kappa shape index (κ2) is 12.6. The average Bonchev–Trinajstić information content (AvgIpc) is 2.71. The quantitative estimate of drug-likeness (QED) is 0.302. The van der Waals surface area contributed by atoms with Gasteiger partial charge in [0.05, 0.1) is 21.3 Å². The van der Waals surface area contributed by atoms with Crippen molar-refractivity contribution >= 4 is 41.5 Å². The summed E-state index contributed by atoms with van der Waals surface area (Å²) < 4.78 is 29.9. The molecule has 29 heavy (non-hydrogen) atoms. The van der Waals surface area contributed by atoms with E-state index >= 15 is 0 Å². The van der Waals surface area contributed by atoms with Gasteiger partial charge in [-0.15, -0.1) is 24.0 Å². The predicted molar refractivity (Wildman–Crippen MR) is 125 cm³/mol. The van der Waals surface area contributed by atoms with Gasteiger partial charge >= 0.3 is 0 Å². The number of hydrogen-bond donors (Lipinski definition) is 2. The highest BCUT2D eigenvalue weighted by molar-refractivity contribution is 14.0. The number of nitrogens with zero attached hydrogens (tertiary/aromatic N) is 1. The maximum absolute atomic E-state index is 13.8. The summed E-state index contributed by atoms with van der Waals surface area (Å²) in [6.07, 6.45) is 0.441. The lowest BCUT2D eigenvalue weighted by Gasteiger charge is -2.16. The normalized spacial score (nSPS) is 10.8. The van der Waals surface area contributed by atoms with Crippen LogP contribution >= 0.6 is 35.6 Å². The Hall–Kier alpha value is -1.94. The molecule has 0 atom stereocenters. The Morgan fingerprint density at radius 3 is 2.24 bits per heavy atom. The maximum Gasteiger partial charge on any atom is 0.203 e. The molecule has 6 nitrogen and oxygen atoms in total. The van der Waals surface area contributed by atoms with Gasteiger partial charge < -0.3 is 24.8 Å². The Morgan fingerprint density at radius 2 is 1.72 bits per heavy atom. The molecule has 2 aromatic rings. The van der Waals surface area contributed by atoms with Gasteiger partial charge in [-0.25, -0.2) is 4.39 Å². The van der Waals surface area contributed by atoms with E-state index in [1.54, 1.807) is 40.5 Å². The first-order valence-corrected chi connectivity index (χ1v) is 9.08. The third kappa shape index (κ3) is 6.81. The Morgan fingerprint density at radius 1 is 1.07 bits per heavy atom. The Labute approximate surface area is 192 Å². The molecule has 0 aliphatic carbocycles. The van der Waals surface area contributed by atoms with Crippen LogP contribution in [0.25, 0.3) is 0 Å². The minimum absolute atomic E-state index is 0. The molecule has 2 rings (SSSR count). The first kappa shape index (κ1) is 25.1. The number of rotatable bonds is 8. The highest BCUT2D eigenvalue weighted by Crippen LogP contribution is 2.38. The van der Waals surface area contributed by atoms with E-state index in [0.29, 0.717) is 53.3 Å². The average molecular weight is 538 g/mol. The van der Waals surface area contributed by atoms with E-state index in [0.717, 1.165) is 5.56 Å². The summed E-state index contributed by atoms with van der Waals surface area (Å²) in [5, 5.41) is 6.77. The van der Waals surface area contributed by atoms with Gasteiger partial charge in [-0.3, -0.25) is 4.99 Å². The van der Waals surface area contributed by atoms with Gasteiger partial charge in [0.25, 0.3) is 0 Å². The lowest BCUT2D eigenvalue weighted by molar-refractivity contribution is 0.323. The Kier molecular flexibility index (Phi) is 10.9. The molecule has 0 radical (unpaired) electrons. The summed E-state index contributed by atoms with van der Waals surface area (Å²) in [4.78, 5) is 4.18. The highest BCUT2D eigenvalue weighted by atomic mass is 127. The van der Waals surface area contributed by atoms with Gasteiger partial charge in [0, 0.05) is 30.7 Å². The SMILES string of the molecule is CN=C(NCCc1c(F)cccc1Cl)NCc1cc(OC)c(OC)c(OC)c1.I. The maximum atomic E-state index is 13.8. The highest BCUT2D eigenvalue weighted by Gasteiger charge is 2.13. The van der Waals surface area contributed by atoms with Crippen molar-refractivity contribution in [3.8, 4) is 17.2 Å². The van der Waals surface area contributed by atoms with Crippen molar-refractivity contribution in [1.29, 1.82) is 0 Å². The van der Waals surface area contributed by atoms with Crippen molar-refractivity contribution in [3.63, 3.8) is 0 Å². The third-order valence-electron chi connectivity index (χ3n) is 4.14. The smallest absolute Gasteiger partial charge is 0.203 e.